The maximum absolute atomic E-state index is 11.2. The Hall–Kier alpha value is -0.740. The molecule has 1 aromatic carbocycles. The lowest BCUT2D eigenvalue weighted by molar-refractivity contribution is 0.161. The van der Waals surface area contributed by atoms with Crippen LogP contribution in [0.15, 0.2) is 22.7 Å². The molecule has 0 saturated heterocycles. The minimum Gasteiger partial charge on any atom is -0.449 e. The first-order valence-corrected chi connectivity index (χ1v) is 5.69. The Morgan fingerprint density at radius 1 is 1.60 bits per heavy atom. The van der Waals surface area contributed by atoms with Crippen LogP contribution >= 0.6 is 27.5 Å². The molecule has 1 amide bonds. The number of benzene rings is 1. The van der Waals surface area contributed by atoms with E-state index in [0.29, 0.717) is 17.3 Å². The third-order valence-electron chi connectivity index (χ3n) is 1.61. The lowest BCUT2D eigenvalue weighted by Crippen LogP contribution is -2.14. The van der Waals surface area contributed by atoms with Crippen LogP contribution in [0.2, 0.25) is 5.02 Å². The Balaban J connectivity index is 2.60. The summed E-state index contributed by atoms with van der Waals surface area (Å²) >= 11 is 9.05. The molecule has 0 spiro atoms. The summed E-state index contributed by atoms with van der Waals surface area (Å²) in [5.74, 6) is 0. The number of carbonyl (C=O) groups is 1. The van der Waals surface area contributed by atoms with E-state index in [0.717, 1.165) is 10.9 Å². The zero-order valence-corrected chi connectivity index (χ0v) is 10.6. The van der Waals surface area contributed by atoms with Crippen molar-refractivity contribution in [1.29, 1.82) is 0 Å². The molecular formula is C10H11BrClNO2. The van der Waals surface area contributed by atoms with Gasteiger partial charge in [0.15, 0.2) is 0 Å². The van der Waals surface area contributed by atoms with Crippen molar-refractivity contribution < 1.29 is 9.53 Å². The number of anilines is 1. The van der Waals surface area contributed by atoms with Crippen molar-refractivity contribution in [2.24, 2.45) is 0 Å². The van der Waals surface area contributed by atoms with Gasteiger partial charge in [0.05, 0.1) is 12.3 Å². The first-order valence-electron chi connectivity index (χ1n) is 4.52. The maximum atomic E-state index is 11.2. The van der Waals surface area contributed by atoms with E-state index in [2.05, 4.69) is 21.2 Å². The molecule has 0 aromatic heterocycles. The molecule has 1 N–H and O–H groups in total. The predicted molar refractivity (Wildman–Crippen MR) is 64.4 cm³/mol. The van der Waals surface area contributed by atoms with Crippen LogP contribution in [0.4, 0.5) is 10.5 Å². The van der Waals surface area contributed by atoms with E-state index in [1.807, 2.05) is 6.92 Å². The highest BCUT2D eigenvalue weighted by atomic mass is 79.9. The van der Waals surface area contributed by atoms with Crippen molar-refractivity contribution >= 4 is 39.3 Å². The fourth-order valence-corrected chi connectivity index (χ4v) is 1.71. The van der Waals surface area contributed by atoms with E-state index in [1.54, 1.807) is 18.2 Å². The lowest BCUT2D eigenvalue weighted by atomic mass is 10.3. The smallest absolute Gasteiger partial charge is 0.411 e. The van der Waals surface area contributed by atoms with Crippen molar-refractivity contribution in [3.05, 3.63) is 27.7 Å². The third kappa shape index (κ3) is 4.10. The largest absolute Gasteiger partial charge is 0.449 e. The number of halogens is 2. The van der Waals surface area contributed by atoms with Crippen LogP contribution in [0.5, 0.6) is 0 Å². The number of nitrogens with one attached hydrogen (secondary N) is 1. The first-order chi connectivity index (χ1) is 7.13. The minimum absolute atomic E-state index is 0.414. The van der Waals surface area contributed by atoms with Crippen molar-refractivity contribution in [2.75, 3.05) is 11.9 Å². The molecule has 0 bridgehead atoms. The van der Waals surface area contributed by atoms with Crippen molar-refractivity contribution in [3.63, 3.8) is 0 Å². The number of carbonyl (C=O) groups excluding carboxylic acids is 1. The van der Waals surface area contributed by atoms with Crippen LogP contribution in [-0.2, 0) is 4.74 Å². The van der Waals surface area contributed by atoms with Crippen LogP contribution < -0.4 is 5.32 Å². The summed E-state index contributed by atoms with van der Waals surface area (Å²) in [5.41, 5.74) is 0.639. The fraction of sp³-hybridized carbons (Fsp3) is 0.300. The number of hydrogen-bond donors (Lipinski definition) is 1. The molecule has 15 heavy (non-hydrogen) atoms. The molecule has 0 aliphatic rings. The van der Waals surface area contributed by atoms with E-state index in [9.17, 15) is 4.79 Å². The Kier molecular flexibility index (Phi) is 4.91. The third-order valence-corrected chi connectivity index (χ3v) is 2.50. The Bertz CT molecular complexity index is 357. The molecule has 5 heteroatoms. The van der Waals surface area contributed by atoms with Crippen LogP contribution in [-0.4, -0.2) is 12.7 Å². The van der Waals surface area contributed by atoms with Crippen LogP contribution in [0.25, 0.3) is 0 Å². The van der Waals surface area contributed by atoms with Gasteiger partial charge < -0.3 is 4.74 Å². The van der Waals surface area contributed by atoms with Gasteiger partial charge in [-0.15, -0.1) is 0 Å². The van der Waals surface area contributed by atoms with Gasteiger partial charge in [0.2, 0.25) is 0 Å². The molecule has 1 aromatic rings. The normalized spacial score (nSPS) is 9.80. The van der Waals surface area contributed by atoms with Crippen molar-refractivity contribution in [3.8, 4) is 0 Å². The molecular weight excluding hydrogens is 281 g/mol. The van der Waals surface area contributed by atoms with Gasteiger partial charge in [0.25, 0.3) is 0 Å². The van der Waals surface area contributed by atoms with Gasteiger partial charge in [-0.05, 0) is 40.5 Å². The second-order valence-corrected chi connectivity index (χ2v) is 4.18. The molecule has 0 saturated carbocycles. The number of rotatable bonds is 3. The Labute approximate surface area is 102 Å². The zero-order valence-electron chi connectivity index (χ0n) is 8.22. The molecule has 0 aliphatic carbocycles. The maximum Gasteiger partial charge on any atom is 0.411 e. The van der Waals surface area contributed by atoms with Gasteiger partial charge in [-0.1, -0.05) is 18.5 Å². The summed E-state index contributed by atoms with van der Waals surface area (Å²) in [6, 6.07) is 5.11. The summed E-state index contributed by atoms with van der Waals surface area (Å²) in [7, 11) is 0. The monoisotopic (exact) mass is 291 g/mol. The topological polar surface area (TPSA) is 38.3 Å². The fourth-order valence-electron chi connectivity index (χ4n) is 0.932. The molecule has 3 nitrogen and oxygen atoms in total. The summed E-state index contributed by atoms with van der Waals surface area (Å²) in [4.78, 5) is 11.2. The zero-order chi connectivity index (χ0) is 11.3. The molecule has 0 radical (unpaired) electrons. The van der Waals surface area contributed by atoms with E-state index in [-0.39, 0.29) is 0 Å². The lowest BCUT2D eigenvalue weighted by Gasteiger charge is -2.07. The number of ether oxygens (including phenoxy) is 1. The highest BCUT2D eigenvalue weighted by Crippen LogP contribution is 2.25. The standard InChI is InChI=1S/C10H11BrClNO2/c1-2-5-15-10(14)13-9-4-3-7(12)6-8(9)11/h3-4,6H,2,5H2,1H3,(H,13,14). The van der Waals surface area contributed by atoms with E-state index >= 15 is 0 Å². The van der Waals surface area contributed by atoms with Gasteiger partial charge in [-0.3, -0.25) is 5.32 Å². The SMILES string of the molecule is CCCOC(=O)Nc1ccc(Cl)cc1Br. The van der Waals surface area contributed by atoms with Crippen LogP contribution in [0.1, 0.15) is 13.3 Å². The summed E-state index contributed by atoms with van der Waals surface area (Å²) in [6.45, 7) is 2.35. The van der Waals surface area contributed by atoms with Gasteiger partial charge in [0, 0.05) is 9.50 Å². The molecule has 0 unspecified atom stereocenters. The van der Waals surface area contributed by atoms with E-state index in [4.69, 9.17) is 16.3 Å². The van der Waals surface area contributed by atoms with Crippen molar-refractivity contribution in [1.82, 2.24) is 0 Å². The molecule has 0 aliphatic heterocycles. The first kappa shape index (κ1) is 12.3. The van der Waals surface area contributed by atoms with Crippen molar-refractivity contribution in [2.45, 2.75) is 13.3 Å². The molecule has 82 valence electrons. The van der Waals surface area contributed by atoms with Gasteiger partial charge >= 0.3 is 6.09 Å². The average molecular weight is 293 g/mol. The van der Waals surface area contributed by atoms with Gasteiger partial charge in [0.1, 0.15) is 0 Å². The van der Waals surface area contributed by atoms with E-state index in [1.165, 1.54) is 0 Å². The van der Waals surface area contributed by atoms with E-state index < -0.39 is 6.09 Å². The predicted octanol–water partition coefficient (Wildman–Crippen LogP) is 4.06. The molecule has 1 rings (SSSR count). The molecule has 0 fully saturated rings. The number of amides is 1. The average Bonchev–Trinajstić information content (AvgIpc) is 2.19. The van der Waals surface area contributed by atoms with Gasteiger partial charge in [-0.25, -0.2) is 4.79 Å². The van der Waals surface area contributed by atoms with Crippen LogP contribution in [0.3, 0.4) is 0 Å². The van der Waals surface area contributed by atoms with Crippen LogP contribution in [0, 0.1) is 0 Å². The minimum atomic E-state index is -0.458. The second kappa shape index (κ2) is 5.98. The van der Waals surface area contributed by atoms with Gasteiger partial charge in [-0.2, -0.15) is 0 Å². The highest BCUT2D eigenvalue weighted by molar-refractivity contribution is 9.10. The number of hydrogen-bond acceptors (Lipinski definition) is 2. The quantitative estimate of drug-likeness (QED) is 0.912. The Morgan fingerprint density at radius 2 is 2.33 bits per heavy atom. The second-order valence-electron chi connectivity index (χ2n) is 2.89. The Morgan fingerprint density at radius 3 is 2.93 bits per heavy atom. The summed E-state index contributed by atoms with van der Waals surface area (Å²) in [6.07, 6.45) is 0.342. The highest BCUT2D eigenvalue weighted by Gasteiger charge is 2.05. The molecule has 0 atom stereocenters. The molecule has 0 heterocycles. The summed E-state index contributed by atoms with van der Waals surface area (Å²) < 4.78 is 5.60. The summed E-state index contributed by atoms with van der Waals surface area (Å²) in [5, 5.41) is 3.21.